The van der Waals surface area contributed by atoms with E-state index in [0.29, 0.717) is 29.1 Å². The largest absolute Gasteiger partial charge is 0.744 e. The molecule has 0 saturated heterocycles. The van der Waals surface area contributed by atoms with Gasteiger partial charge in [-0.05, 0) is 48.9 Å². The molecule has 0 spiro atoms. The Morgan fingerprint density at radius 3 is 1.82 bits per heavy atom. The van der Waals surface area contributed by atoms with E-state index in [1.807, 2.05) is 18.2 Å². The molecule has 1 amide bonds. The fraction of sp³-hybridized carbons (Fsp3) is 0.475. The maximum absolute atomic E-state index is 12.5. The van der Waals surface area contributed by atoms with Gasteiger partial charge < -0.3 is 14.4 Å². The Bertz CT molecular complexity index is 1720. The van der Waals surface area contributed by atoms with Crippen LogP contribution in [-0.4, -0.2) is 34.2 Å². The van der Waals surface area contributed by atoms with E-state index in [9.17, 15) is 22.6 Å². The fourth-order valence-corrected chi connectivity index (χ4v) is 6.80. The average molecular weight is 687 g/mol. The van der Waals surface area contributed by atoms with Crippen molar-refractivity contribution in [2.24, 2.45) is 0 Å². The average Bonchev–Trinajstić information content (AvgIpc) is 3.46. The molecular formula is C40H52N3O5S-. The second kappa shape index (κ2) is 20.0. The van der Waals surface area contributed by atoms with Gasteiger partial charge in [0.15, 0.2) is 5.78 Å². The molecule has 49 heavy (non-hydrogen) atoms. The summed E-state index contributed by atoms with van der Waals surface area (Å²) in [5.41, 5.74) is 3.04. The van der Waals surface area contributed by atoms with Gasteiger partial charge in [0, 0.05) is 23.4 Å². The van der Waals surface area contributed by atoms with Gasteiger partial charge in [-0.3, -0.25) is 9.59 Å². The molecule has 4 rings (SSSR count). The summed E-state index contributed by atoms with van der Waals surface area (Å²) < 4.78 is 37.2. The van der Waals surface area contributed by atoms with Crippen LogP contribution in [-0.2, 0) is 21.5 Å². The maximum atomic E-state index is 12.5. The van der Waals surface area contributed by atoms with Crippen molar-refractivity contribution in [2.75, 3.05) is 5.32 Å². The number of aromatic nitrogens is 2. The number of benzene rings is 3. The lowest BCUT2D eigenvalue weighted by molar-refractivity contribution is -0.115. The van der Waals surface area contributed by atoms with Crippen LogP contribution in [0.5, 0.6) is 0 Å². The SMILES string of the molecule is CCCCCCCCCCCCCCCCCCn1c(-c2ccc(NC(=O)CC(=O)c3ccccc3)cc2)nc2cc(S(=O)(=O)[O-])ccc21. The molecule has 0 radical (unpaired) electrons. The van der Waals surface area contributed by atoms with Gasteiger partial charge >= 0.3 is 0 Å². The number of imidazole rings is 1. The zero-order valence-electron chi connectivity index (χ0n) is 29.0. The monoisotopic (exact) mass is 686 g/mol. The number of hydrogen-bond donors (Lipinski definition) is 1. The summed E-state index contributed by atoms with van der Waals surface area (Å²) in [5, 5.41) is 2.78. The van der Waals surface area contributed by atoms with Crippen molar-refractivity contribution in [1.29, 1.82) is 0 Å². The second-order valence-electron chi connectivity index (χ2n) is 13.1. The number of anilines is 1. The lowest BCUT2D eigenvalue weighted by Gasteiger charge is -2.11. The first-order valence-corrected chi connectivity index (χ1v) is 19.6. The second-order valence-corrected chi connectivity index (χ2v) is 14.5. The molecule has 264 valence electrons. The standard InChI is InChI=1S/C40H53N3O5S/c1-2-3-4-5-6-7-8-9-10-11-12-13-14-15-16-20-29-43-37-28-27-35(49(46,47)48)30-36(37)42-40(43)33-23-25-34(26-24-33)41-39(45)31-38(44)32-21-18-17-19-22-32/h17-19,21-28,30H,2-16,20,29,31H2,1H3,(H,41,45)(H,46,47,48)/p-1. The van der Waals surface area contributed by atoms with Crippen molar-refractivity contribution in [1.82, 2.24) is 9.55 Å². The Morgan fingerprint density at radius 2 is 1.27 bits per heavy atom. The third-order valence-corrected chi connectivity index (χ3v) is 9.92. The number of amides is 1. The van der Waals surface area contributed by atoms with Crippen molar-refractivity contribution in [3.8, 4) is 11.4 Å². The summed E-state index contributed by atoms with van der Waals surface area (Å²) in [7, 11) is -4.61. The first-order chi connectivity index (χ1) is 23.8. The zero-order chi connectivity index (χ0) is 34.9. The van der Waals surface area contributed by atoms with Crippen LogP contribution < -0.4 is 5.32 Å². The predicted octanol–water partition coefficient (Wildman–Crippen LogP) is 10.1. The first-order valence-electron chi connectivity index (χ1n) is 18.2. The van der Waals surface area contributed by atoms with E-state index in [4.69, 9.17) is 4.98 Å². The molecule has 1 N–H and O–H groups in total. The third-order valence-electron chi connectivity index (χ3n) is 9.09. The molecule has 0 aliphatic heterocycles. The smallest absolute Gasteiger partial charge is 0.232 e. The molecular weight excluding hydrogens is 635 g/mol. The molecule has 0 bridgehead atoms. The Kier molecular flexibility index (Phi) is 15.5. The van der Waals surface area contributed by atoms with Gasteiger partial charge in [0.1, 0.15) is 15.9 Å². The van der Waals surface area contributed by atoms with Gasteiger partial charge in [0.25, 0.3) is 0 Å². The summed E-state index contributed by atoms with van der Waals surface area (Å²) in [5.74, 6) is 0.00853. The van der Waals surface area contributed by atoms with Crippen molar-refractivity contribution < 1.29 is 22.6 Å². The summed E-state index contributed by atoms with van der Waals surface area (Å²) in [6.45, 7) is 2.97. The number of carbonyl (C=O) groups excluding carboxylic acids is 2. The van der Waals surface area contributed by atoms with Crippen molar-refractivity contribution in [3.63, 3.8) is 0 Å². The van der Waals surface area contributed by atoms with Crippen LogP contribution in [0.1, 0.15) is 126 Å². The van der Waals surface area contributed by atoms with Crippen molar-refractivity contribution >= 4 is 38.5 Å². The number of Topliss-reactive ketones (excluding diaryl/α,β-unsaturated/α-hetero) is 1. The number of nitrogens with one attached hydrogen (secondary N) is 1. The number of aryl methyl sites for hydroxylation is 1. The molecule has 0 aliphatic rings. The maximum Gasteiger partial charge on any atom is 0.232 e. The third kappa shape index (κ3) is 12.5. The predicted molar refractivity (Wildman–Crippen MR) is 197 cm³/mol. The Labute approximate surface area is 292 Å². The van der Waals surface area contributed by atoms with Crippen molar-refractivity contribution in [2.45, 2.75) is 128 Å². The molecule has 9 heteroatoms. The highest BCUT2D eigenvalue weighted by molar-refractivity contribution is 7.85. The van der Waals surface area contributed by atoms with E-state index in [1.54, 1.807) is 42.5 Å². The summed E-state index contributed by atoms with van der Waals surface area (Å²) in [6, 6.07) is 20.2. The van der Waals surface area contributed by atoms with Gasteiger partial charge in [0.05, 0.1) is 22.3 Å². The van der Waals surface area contributed by atoms with Gasteiger partial charge in [-0.15, -0.1) is 0 Å². The number of fused-ring (bicyclic) bond motifs is 1. The molecule has 1 heterocycles. The van der Waals surface area contributed by atoms with Gasteiger partial charge in [0.2, 0.25) is 5.91 Å². The lowest BCUT2D eigenvalue weighted by atomic mass is 10.0. The van der Waals surface area contributed by atoms with E-state index in [-0.39, 0.29) is 17.1 Å². The molecule has 8 nitrogen and oxygen atoms in total. The van der Waals surface area contributed by atoms with E-state index >= 15 is 0 Å². The minimum absolute atomic E-state index is 0.253. The summed E-state index contributed by atoms with van der Waals surface area (Å²) in [4.78, 5) is 29.4. The van der Waals surface area contributed by atoms with E-state index in [0.717, 1.165) is 23.9 Å². The van der Waals surface area contributed by atoms with Gasteiger partial charge in [-0.1, -0.05) is 134 Å². The van der Waals surface area contributed by atoms with Crippen LogP contribution in [0.25, 0.3) is 22.4 Å². The Hall–Kier alpha value is -3.82. The highest BCUT2D eigenvalue weighted by Gasteiger charge is 2.16. The Morgan fingerprint density at radius 1 is 0.714 bits per heavy atom. The molecule has 4 aromatic rings. The number of unbranched alkanes of at least 4 members (excludes halogenated alkanes) is 15. The van der Waals surface area contributed by atoms with Crippen LogP contribution in [0.4, 0.5) is 5.69 Å². The normalized spacial score (nSPS) is 11.6. The zero-order valence-corrected chi connectivity index (χ0v) is 29.8. The van der Waals surface area contributed by atoms with Crippen LogP contribution in [0.15, 0.2) is 77.7 Å². The molecule has 1 aromatic heterocycles. The highest BCUT2D eigenvalue weighted by Crippen LogP contribution is 2.28. The molecule has 0 aliphatic carbocycles. The van der Waals surface area contributed by atoms with Crippen LogP contribution >= 0.6 is 0 Å². The topological polar surface area (TPSA) is 121 Å². The fourth-order valence-electron chi connectivity index (χ4n) is 6.31. The number of carbonyl (C=O) groups is 2. The van der Waals surface area contributed by atoms with E-state index in [1.165, 1.54) is 102 Å². The number of hydrogen-bond acceptors (Lipinski definition) is 6. The van der Waals surface area contributed by atoms with Crippen molar-refractivity contribution in [3.05, 3.63) is 78.4 Å². The van der Waals surface area contributed by atoms with Crippen LogP contribution in [0.2, 0.25) is 0 Å². The van der Waals surface area contributed by atoms with Gasteiger partial charge in [-0.2, -0.15) is 0 Å². The number of rotatable bonds is 23. The molecule has 0 unspecified atom stereocenters. The van der Waals surface area contributed by atoms with E-state index < -0.39 is 16.0 Å². The lowest BCUT2D eigenvalue weighted by Crippen LogP contribution is -2.16. The number of ketones is 1. The van der Waals surface area contributed by atoms with E-state index in [2.05, 4.69) is 16.8 Å². The number of nitrogens with zero attached hydrogens (tertiary/aromatic N) is 2. The van der Waals surface area contributed by atoms with Crippen LogP contribution in [0.3, 0.4) is 0 Å². The van der Waals surface area contributed by atoms with Crippen LogP contribution in [0, 0.1) is 0 Å². The minimum Gasteiger partial charge on any atom is -0.744 e. The molecule has 0 atom stereocenters. The summed E-state index contributed by atoms with van der Waals surface area (Å²) >= 11 is 0. The highest BCUT2D eigenvalue weighted by atomic mass is 32.2. The summed E-state index contributed by atoms with van der Waals surface area (Å²) in [6.07, 6.45) is 20.4. The quantitative estimate of drug-likeness (QED) is 0.0359. The molecule has 0 fully saturated rings. The first kappa shape index (κ1) is 38.0. The molecule has 0 saturated carbocycles. The molecule has 3 aromatic carbocycles. The van der Waals surface area contributed by atoms with Gasteiger partial charge in [-0.25, -0.2) is 13.4 Å². The Balaban J connectivity index is 1.28. The minimum atomic E-state index is -4.61.